The molecule has 0 aromatic rings. The monoisotopic (exact) mass is 277 g/mol. The Balaban J connectivity index is 2.52. The van der Waals surface area contributed by atoms with Crippen LogP contribution in [0.1, 0.15) is 39.0 Å². The molecule has 1 saturated carbocycles. The van der Waals surface area contributed by atoms with E-state index in [1.165, 1.54) is 6.26 Å². The summed E-state index contributed by atoms with van der Waals surface area (Å²) in [4.78, 5) is 0. The largest absolute Gasteiger partial charge is 0.382 e. The SMILES string of the molecule is CCOCCC(NC)C1CCCC(S(C)(=O)=O)C1. The summed E-state index contributed by atoms with van der Waals surface area (Å²) in [5.74, 6) is 0.462. The molecule has 5 heteroatoms. The zero-order valence-corrected chi connectivity index (χ0v) is 12.6. The lowest BCUT2D eigenvalue weighted by Gasteiger charge is -2.33. The molecular weight excluding hydrogens is 250 g/mol. The van der Waals surface area contributed by atoms with Gasteiger partial charge in [-0.2, -0.15) is 0 Å². The van der Waals surface area contributed by atoms with Gasteiger partial charge < -0.3 is 10.1 Å². The van der Waals surface area contributed by atoms with Gasteiger partial charge in [0.25, 0.3) is 0 Å². The fraction of sp³-hybridized carbons (Fsp3) is 1.00. The molecule has 1 aliphatic carbocycles. The quantitative estimate of drug-likeness (QED) is 0.718. The number of rotatable bonds is 7. The molecule has 18 heavy (non-hydrogen) atoms. The van der Waals surface area contributed by atoms with Crippen LogP contribution in [0, 0.1) is 5.92 Å². The van der Waals surface area contributed by atoms with Crippen LogP contribution in [0.3, 0.4) is 0 Å². The summed E-state index contributed by atoms with van der Waals surface area (Å²) in [5, 5.41) is 3.19. The predicted molar refractivity (Wildman–Crippen MR) is 74.5 cm³/mol. The van der Waals surface area contributed by atoms with Gasteiger partial charge in [-0.25, -0.2) is 8.42 Å². The van der Waals surface area contributed by atoms with E-state index in [1.54, 1.807) is 0 Å². The standard InChI is InChI=1S/C13H27NO3S/c1-4-17-9-8-13(14-2)11-6-5-7-12(10-11)18(3,15)16/h11-14H,4-10H2,1-3H3. The summed E-state index contributed by atoms with van der Waals surface area (Å²) in [6.45, 7) is 3.49. The third-order valence-electron chi connectivity index (χ3n) is 3.99. The Bertz CT molecular complexity index is 329. The van der Waals surface area contributed by atoms with Crippen LogP contribution in [-0.4, -0.2) is 46.2 Å². The van der Waals surface area contributed by atoms with Gasteiger partial charge in [-0.15, -0.1) is 0 Å². The molecular formula is C13H27NO3S. The van der Waals surface area contributed by atoms with Crippen LogP contribution >= 0.6 is 0 Å². The summed E-state index contributed by atoms with van der Waals surface area (Å²) < 4.78 is 28.7. The third-order valence-corrected chi connectivity index (χ3v) is 5.63. The van der Waals surface area contributed by atoms with E-state index in [-0.39, 0.29) is 5.25 Å². The second-order valence-electron chi connectivity index (χ2n) is 5.26. The molecule has 4 nitrogen and oxygen atoms in total. The highest BCUT2D eigenvalue weighted by Crippen LogP contribution is 2.31. The van der Waals surface area contributed by atoms with Gasteiger partial charge in [-0.05, 0) is 45.6 Å². The normalized spacial score (nSPS) is 27.1. The van der Waals surface area contributed by atoms with Gasteiger partial charge in [0.05, 0.1) is 5.25 Å². The molecule has 0 aromatic heterocycles. The highest BCUT2D eigenvalue weighted by molar-refractivity contribution is 7.91. The predicted octanol–water partition coefficient (Wildman–Crippen LogP) is 1.60. The molecule has 1 N–H and O–H groups in total. The molecule has 3 atom stereocenters. The van der Waals surface area contributed by atoms with Crippen molar-refractivity contribution in [2.45, 2.75) is 50.3 Å². The second-order valence-corrected chi connectivity index (χ2v) is 7.58. The zero-order valence-electron chi connectivity index (χ0n) is 11.8. The first-order valence-electron chi connectivity index (χ1n) is 6.92. The van der Waals surface area contributed by atoms with E-state index >= 15 is 0 Å². The highest BCUT2D eigenvalue weighted by Gasteiger charge is 2.32. The van der Waals surface area contributed by atoms with Gasteiger partial charge in [0.1, 0.15) is 9.84 Å². The van der Waals surface area contributed by atoms with E-state index in [1.807, 2.05) is 14.0 Å². The summed E-state index contributed by atoms with van der Waals surface area (Å²) >= 11 is 0. The molecule has 0 amide bonds. The lowest BCUT2D eigenvalue weighted by Crippen LogP contribution is -2.40. The van der Waals surface area contributed by atoms with Crippen molar-refractivity contribution in [1.29, 1.82) is 0 Å². The summed E-state index contributed by atoms with van der Waals surface area (Å²) in [5.41, 5.74) is 0. The molecule has 1 aliphatic rings. The van der Waals surface area contributed by atoms with Crippen molar-refractivity contribution in [1.82, 2.24) is 5.32 Å². The minimum atomic E-state index is -2.88. The molecule has 108 valence electrons. The number of sulfone groups is 1. The number of hydrogen-bond acceptors (Lipinski definition) is 4. The van der Waals surface area contributed by atoms with Crippen molar-refractivity contribution >= 4 is 9.84 Å². The van der Waals surface area contributed by atoms with Crippen molar-refractivity contribution in [3.05, 3.63) is 0 Å². The molecule has 0 aromatic carbocycles. The van der Waals surface area contributed by atoms with E-state index in [9.17, 15) is 8.42 Å². The van der Waals surface area contributed by atoms with Crippen LogP contribution in [0.25, 0.3) is 0 Å². The maximum Gasteiger partial charge on any atom is 0.150 e. The Kier molecular flexibility index (Phi) is 6.60. The van der Waals surface area contributed by atoms with Crippen LogP contribution in [0.15, 0.2) is 0 Å². The van der Waals surface area contributed by atoms with Crippen LogP contribution in [0.4, 0.5) is 0 Å². The van der Waals surface area contributed by atoms with E-state index in [4.69, 9.17) is 4.74 Å². The van der Waals surface area contributed by atoms with E-state index in [0.717, 1.165) is 45.3 Å². The van der Waals surface area contributed by atoms with Gasteiger partial charge in [0.15, 0.2) is 0 Å². The molecule has 0 spiro atoms. The smallest absolute Gasteiger partial charge is 0.150 e. The molecule has 0 aliphatic heterocycles. The summed E-state index contributed by atoms with van der Waals surface area (Å²) in [6, 6.07) is 0.376. The van der Waals surface area contributed by atoms with Crippen molar-refractivity contribution in [3.8, 4) is 0 Å². The van der Waals surface area contributed by atoms with Crippen molar-refractivity contribution in [3.63, 3.8) is 0 Å². The van der Waals surface area contributed by atoms with Crippen molar-refractivity contribution < 1.29 is 13.2 Å². The molecule has 0 saturated heterocycles. The maximum absolute atomic E-state index is 11.7. The first kappa shape index (κ1) is 15.9. The van der Waals surface area contributed by atoms with Crippen LogP contribution in [0.5, 0.6) is 0 Å². The van der Waals surface area contributed by atoms with Gasteiger partial charge >= 0.3 is 0 Å². The van der Waals surface area contributed by atoms with Crippen LogP contribution in [0.2, 0.25) is 0 Å². The Hall–Kier alpha value is -0.130. The molecule has 0 bridgehead atoms. The Labute approximate surface area is 111 Å². The van der Waals surface area contributed by atoms with E-state index < -0.39 is 9.84 Å². The van der Waals surface area contributed by atoms with Gasteiger partial charge in [-0.1, -0.05) is 6.42 Å². The van der Waals surface area contributed by atoms with Gasteiger partial charge in [0, 0.05) is 25.5 Å². The first-order chi connectivity index (χ1) is 8.49. The van der Waals surface area contributed by atoms with E-state index in [2.05, 4.69) is 5.32 Å². The third kappa shape index (κ3) is 4.86. The van der Waals surface area contributed by atoms with Crippen molar-refractivity contribution in [2.24, 2.45) is 5.92 Å². The first-order valence-corrected chi connectivity index (χ1v) is 8.88. The lowest BCUT2D eigenvalue weighted by molar-refractivity contribution is 0.124. The number of ether oxygens (including phenoxy) is 1. The molecule has 3 unspecified atom stereocenters. The van der Waals surface area contributed by atoms with Crippen LogP contribution < -0.4 is 5.32 Å². The number of nitrogens with one attached hydrogen (secondary N) is 1. The van der Waals surface area contributed by atoms with Gasteiger partial charge in [0.2, 0.25) is 0 Å². The molecule has 1 rings (SSSR count). The maximum atomic E-state index is 11.7. The lowest BCUT2D eigenvalue weighted by atomic mass is 9.82. The zero-order chi connectivity index (χ0) is 13.6. The minimum Gasteiger partial charge on any atom is -0.382 e. The summed E-state index contributed by atoms with van der Waals surface area (Å²) in [7, 11) is -0.926. The molecule has 1 fully saturated rings. The fourth-order valence-electron chi connectivity index (χ4n) is 2.91. The average Bonchev–Trinajstić information content (AvgIpc) is 2.34. The van der Waals surface area contributed by atoms with Crippen molar-refractivity contribution in [2.75, 3.05) is 26.5 Å². The van der Waals surface area contributed by atoms with Gasteiger partial charge in [-0.3, -0.25) is 0 Å². The number of hydrogen-bond donors (Lipinski definition) is 1. The second kappa shape index (κ2) is 7.46. The summed E-state index contributed by atoms with van der Waals surface area (Å²) in [6.07, 6.45) is 6.12. The molecule has 0 radical (unpaired) electrons. The molecule has 0 heterocycles. The topological polar surface area (TPSA) is 55.4 Å². The Morgan fingerprint density at radius 3 is 2.67 bits per heavy atom. The fourth-order valence-corrected chi connectivity index (χ4v) is 4.10. The Morgan fingerprint density at radius 2 is 2.11 bits per heavy atom. The highest BCUT2D eigenvalue weighted by atomic mass is 32.2. The van der Waals surface area contributed by atoms with E-state index in [0.29, 0.717) is 12.0 Å². The Morgan fingerprint density at radius 1 is 1.39 bits per heavy atom. The minimum absolute atomic E-state index is 0.140. The average molecular weight is 277 g/mol. The van der Waals surface area contributed by atoms with Crippen LogP contribution in [-0.2, 0) is 14.6 Å².